The fourth-order valence-electron chi connectivity index (χ4n) is 2.38. The van der Waals surface area contributed by atoms with Crippen molar-refractivity contribution >= 4 is 0 Å². The summed E-state index contributed by atoms with van der Waals surface area (Å²) in [6.45, 7) is 2.92. The number of piperidine rings is 1. The van der Waals surface area contributed by atoms with Gasteiger partial charge in [-0.25, -0.2) is 0 Å². The zero-order chi connectivity index (χ0) is 10.5. The van der Waals surface area contributed by atoms with Gasteiger partial charge in [0.1, 0.15) is 0 Å². The molecule has 0 bridgehead atoms. The molecule has 2 heterocycles. The van der Waals surface area contributed by atoms with Crippen LogP contribution in [-0.4, -0.2) is 29.5 Å². The van der Waals surface area contributed by atoms with Gasteiger partial charge in [-0.1, -0.05) is 12.5 Å². The van der Waals surface area contributed by atoms with Gasteiger partial charge in [-0.05, 0) is 31.0 Å². The molecule has 0 amide bonds. The summed E-state index contributed by atoms with van der Waals surface area (Å²) in [5.74, 6) is 0. The molecule has 1 unspecified atom stereocenters. The molecule has 1 fully saturated rings. The Kier molecular flexibility index (Phi) is 3.69. The number of rotatable bonds is 3. The van der Waals surface area contributed by atoms with E-state index in [0.29, 0.717) is 6.04 Å². The number of hydrogen-bond acceptors (Lipinski definition) is 3. The molecule has 1 aromatic rings. The molecule has 0 radical (unpaired) electrons. The molecule has 1 aliphatic rings. The van der Waals surface area contributed by atoms with Crippen LogP contribution in [-0.2, 0) is 0 Å². The van der Waals surface area contributed by atoms with Crippen LogP contribution < -0.4 is 5.73 Å². The van der Waals surface area contributed by atoms with Crippen molar-refractivity contribution in [3.8, 4) is 0 Å². The smallest absolute Gasteiger partial charge is 0.0363 e. The fraction of sp³-hybridized carbons (Fsp3) is 0.583. The van der Waals surface area contributed by atoms with Crippen LogP contribution in [0.5, 0.6) is 0 Å². The summed E-state index contributed by atoms with van der Waals surface area (Å²) in [6.07, 6.45) is 7.68. The van der Waals surface area contributed by atoms with E-state index in [2.05, 4.69) is 16.0 Å². The van der Waals surface area contributed by atoms with E-state index in [1.165, 1.54) is 31.4 Å². The third kappa shape index (κ3) is 2.55. The maximum atomic E-state index is 5.64. The van der Waals surface area contributed by atoms with Gasteiger partial charge in [0, 0.05) is 31.5 Å². The summed E-state index contributed by atoms with van der Waals surface area (Å²) in [5, 5.41) is 0. The molecule has 0 saturated carbocycles. The van der Waals surface area contributed by atoms with Gasteiger partial charge in [0.05, 0.1) is 0 Å². The number of pyridine rings is 1. The second-order valence-corrected chi connectivity index (χ2v) is 4.12. The lowest BCUT2D eigenvalue weighted by Crippen LogP contribution is -2.37. The van der Waals surface area contributed by atoms with Crippen molar-refractivity contribution in [3.05, 3.63) is 30.1 Å². The quantitative estimate of drug-likeness (QED) is 0.814. The standard InChI is InChI=1S/C12H19N3/c13-6-9-15-8-2-1-5-12(15)11-4-3-7-14-10-11/h3-4,7,10,12H,1-2,5-6,8-9,13H2. The third-order valence-electron chi connectivity index (χ3n) is 3.10. The van der Waals surface area contributed by atoms with E-state index in [9.17, 15) is 0 Å². The molecule has 1 atom stereocenters. The van der Waals surface area contributed by atoms with Crippen molar-refractivity contribution in [1.82, 2.24) is 9.88 Å². The highest BCUT2D eigenvalue weighted by molar-refractivity contribution is 5.14. The molecule has 1 aliphatic heterocycles. The maximum absolute atomic E-state index is 5.64. The van der Waals surface area contributed by atoms with E-state index in [-0.39, 0.29) is 0 Å². The van der Waals surface area contributed by atoms with E-state index < -0.39 is 0 Å². The molecule has 3 nitrogen and oxygen atoms in total. The topological polar surface area (TPSA) is 42.1 Å². The average molecular weight is 205 g/mol. The first-order valence-corrected chi connectivity index (χ1v) is 5.76. The largest absolute Gasteiger partial charge is 0.329 e. The van der Waals surface area contributed by atoms with E-state index in [1.54, 1.807) is 0 Å². The summed E-state index contributed by atoms with van der Waals surface area (Å²) < 4.78 is 0. The highest BCUT2D eigenvalue weighted by Crippen LogP contribution is 2.29. The monoisotopic (exact) mass is 205 g/mol. The summed E-state index contributed by atoms with van der Waals surface area (Å²) in [4.78, 5) is 6.68. The van der Waals surface area contributed by atoms with Gasteiger partial charge in [0.25, 0.3) is 0 Å². The minimum atomic E-state index is 0.538. The lowest BCUT2D eigenvalue weighted by atomic mass is 9.96. The normalized spacial score (nSPS) is 22.9. The van der Waals surface area contributed by atoms with Crippen LogP contribution in [0.3, 0.4) is 0 Å². The Bertz CT molecular complexity index is 284. The Hall–Kier alpha value is -0.930. The number of nitrogens with zero attached hydrogens (tertiary/aromatic N) is 2. The highest BCUT2D eigenvalue weighted by Gasteiger charge is 2.22. The van der Waals surface area contributed by atoms with E-state index >= 15 is 0 Å². The highest BCUT2D eigenvalue weighted by atomic mass is 15.2. The van der Waals surface area contributed by atoms with E-state index in [4.69, 9.17) is 5.73 Å². The van der Waals surface area contributed by atoms with Crippen molar-refractivity contribution in [2.24, 2.45) is 5.73 Å². The minimum absolute atomic E-state index is 0.538. The number of nitrogens with two attached hydrogens (primary N) is 1. The first-order valence-electron chi connectivity index (χ1n) is 5.76. The average Bonchev–Trinajstić information content (AvgIpc) is 2.31. The molecule has 0 spiro atoms. The zero-order valence-corrected chi connectivity index (χ0v) is 9.10. The third-order valence-corrected chi connectivity index (χ3v) is 3.10. The molecule has 1 aromatic heterocycles. The fourth-order valence-corrected chi connectivity index (χ4v) is 2.38. The molecule has 3 heteroatoms. The van der Waals surface area contributed by atoms with E-state index in [1.807, 2.05) is 18.5 Å². The van der Waals surface area contributed by atoms with Crippen molar-refractivity contribution < 1.29 is 0 Å². The van der Waals surface area contributed by atoms with Crippen LogP contribution in [0.25, 0.3) is 0 Å². The minimum Gasteiger partial charge on any atom is -0.329 e. The zero-order valence-electron chi connectivity index (χ0n) is 9.10. The van der Waals surface area contributed by atoms with Crippen molar-refractivity contribution in [2.75, 3.05) is 19.6 Å². The summed E-state index contributed by atoms with van der Waals surface area (Å²) in [5.41, 5.74) is 6.98. The Labute approximate surface area is 91.3 Å². The number of aromatic nitrogens is 1. The second-order valence-electron chi connectivity index (χ2n) is 4.12. The van der Waals surface area contributed by atoms with Crippen molar-refractivity contribution in [1.29, 1.82) is 0 Å². The summed E-state index contributed by atoms with van der Waals surface area (Å²) in [7, 11) is 0. The molecule has 0 aromatic carbocycles. The van der Waals surface area contributed by atoms with Gasteiger partial charge in [0.2, 0.25) is 0 Å². The lowest BCUT2D eigenvalue weighted by molar-refractivity contribution is 0.153. The summed E-state index contributed by atoms with van der Waals surface area (Å²) >= 11 is 0. The van der Waals surface area contributed by atoms with Crippen molar-refractivity contribution in [2.45, 2.75) is 25.3 Å². The summed E-state index contributed by atoms with van der Waals surface area (Å²) in [6, 6.07) is 4.73. The first kappa shape index (κ1) is 10.6. The molecular formula is C12H19N3. The van der Waals surface area contributed by atoms with Crippen LogP contribution in [0.15, 0.2) is 24.5 Å². The Morgan fingerprint density at radius 3 is 3.13 bits per heavy atom. The van der Waals surface area contributed by atoms with Gasteiger partial charge in [-0.2, -0.15) is 0 Å². The van der Waals surface area contributed by atoms with Crippen LogP contribution >= 0.6 is 0 Å². The molecule has 82 valence electrons. The van der Waals surface area contributed by atoms with Crippen LogP contribution in [0, 0.1) is 0 Å². The molecule has 1 saturated heterocycles. The Morgan fingerprint density at radius 1 is 1.47 bits per heavy atom. The SMILES string of the molecule is NCCN1CCCCC1c1cccnc1. The predicted molar refractivity (Wildman–Crippen MR) is 61.5 cm³/mol. The van der Waals surface area contributed by atoms with Crippen LogP contribution in [0.2, 0.25) is 0 Å². The van der Waals surface area contributed by atoms with Gasteiger partial charge in [-0.3, -0.25) is 9.88 Å². The first-order chi connectivity index (χ1) is 7.42. The molecule has 15 heavy (non-hydrogen) atoms. The van der Waals surface area contributed by atoms with E-state index in [0.717, 1.165) is 13.1 Å². The van der Waals surface area contributed by atoms with Gasteiger partial charge in [-0.15, -0.1) is 0 Å². The maximum Gasteiger partial charge on any atom is 0.0363 e. The lowest BCUT2D eigenvalue weighted by Gasteiger charge is -2.35. The molecule has 0 aliphatic carbocycles. The van der Waals surface area contributed by atoms with Gasteiger partial charge >= 0.3 is 0 Å². The predicted octanol–water partition coefficient (Wildman–Crippen LogP) is 1.57. The molecular weight excluding hydrogens is 186 g/mol. The molecule has 2 N–H and O–H groups in total. The van der Waals surface area contributed by atoms with Crippen LogP contribution in [0.1, 0.15) is 30.9 Å². The van der Waals surface area contributed by atoms with Crippen LogP contribution in [0.4, 0.5) is 0 Å². The Morgan fingerprint density at radius 2 is 2.40 bits per heavy atom. The number of hydrogen-bond donors (Lipinski definition) is 1. The van der Waals surface area contributed by atoms with Gasteiger partial charge < -0.3 is 5.73 Å². The van der Waals surface area contributed by atoms with Gasteiger partial charge in [0.15, 0.2) is 0 Å². The Balaban J connectivity index is 2.11. The van der Waals surface area contributed by atoms with Crippen molar-refractivity contribution in [3.63, 3.8) is 0 Å². The second kappa shape index (κ2) is 5.24. The number of likely N-dealkylation sites (tertiary alicyclic amines) is 1. The molecule has 2 rings (SSSR count).